The molecule has 0 fully saturated rings. The highest BCUT2D eigenvalue weighted by atomic mass is 16.5. The molecule has 5 aromatic carbocycles. The molecular weight excluding hydrogens is 610 g/mol. The number of aryl methyl sites for hydroxylation is 1. The fourth-order valence-corrected chi connectivity index (χ4v) is 5.70. The first kappa shape index (κ1) is 32.8. The first-order valence-electron chi connectivity index (χ1n) is 16.4. The number of hydrogen-bond donors (Lipinski definition) is 0. The molecular formula is C42H39N3O4. The fraction of sp³-hybridized carbons (Fsp3) is 0.143. The Labute approximate surface area is 286 Å². The van der Waals surface area contributed by atoms with E-state index in [9.17, 15) is 4.79 Å². The summed E-state index contributed by atoms with van der Waals surface area (Å²) in [6.45, 7) is 4.65. The van der Waals surface area contributed by atoms with Crippen LogP contribution in [-0.4, -0.2) is 24.3 Å². The first-order chi connectivity index (χ1) is 24.1. The minimum atomic E-state index is -0.424. The average molecular weight is 650 g/mol. The summed E-state index contributed by atoms with van der Waals surface area (Å²) in [5, 5.41) is 0.889. The van der Waals surface area contributed by atoms with E-state index >= 15 is 0 Å². The Morgan fingerprint density at radius 3 is 2.02 bits per heavy atom. The molecule has 0 unspecified atom stereocenters. The molecule has 0 radical (unpaired) electrons. The number of anilines is 3. The molecule has 6 rings (SSSR count). The molecule has 0 atom stereocenters. The highest BCUT2D eigenvalue weighted by molar-refractivity contribution is 5.94. The van der Waals surface area contributed by atoms with Crippen molar-refractivity contribution in [2.45, 2.75) is 26.8 Å². The Hall–Kier alpha value is -6.08. The van der Waals surface area contributed by atoms with E-state index in [1.807, 2.05) is 73.7 Å². The van der Waals surface area contributed by atoms with Crippen molar-refractivity contribution >= 4 is 40.9 Å². The van der Waals surface area contributed by atoms with E-state index in [2.05, 4.69) is 70.1 Å². The number of hydrogen-bond acceptors (Lipinski definition) is 6. The Morgan fingerprint density at radius 2 is 1.41 bits per heavy atom. The minimum absolute atomic E-state index is 0.275. The molecule has 0 spiro atoms. The molecule has 0 aliphatic carbocycles. The van der Waals surface area contributed by atoms with Gasteiger partial charge in [0.15, 0.2) is 5.42 Å². The third-order valence-corrected chi connectivity index (χ3v) is 8.13. The lowest BCUT2D eigenvalue weighted by atomic mass is 10.1. The molecule has 49 heavy (non-hydrogen) atoms. The number of carbonyl (C=O) groups excluding carboxylic acids is 1. The maximum Gasteiger partial charge on any atom is 0.340 e. The second-order valence-electron chi connectivity index (χ2n) is 11.3. The summed E-state index contributed by atoms with van der Waals surface area (Å²) < 4.78 is 19.2. The normalized spacial score (nSPS) is 12.3. The number of esters is 1. The van der Waals surface area contributed by atoms with Crippen molar-refractivity contribution in [3.8, 4) is 5.75 Å². The third kappa shape index (κ3) is 7.74. The van der Waals surface area contributed by atoms with Gasteiger partial charge in [0.25, 0.3) is 0 Å². The molecule has 0 saturated heterocycles. The average Bonchev–Trinajstić information content (AvgIpc) is 3.47. The van der Waals surface area contributed by atoms with Crippen LogP contribution in [0.15, 0.2) is 143 Å². The van der Waals surface area contributed by atoms with Gasteiger partial charge in [-0.25, -0.2) is 4.79 Å². The van der Waals surface area contributed by atoms with Crippen molar-refractivity contribution in [1.82, 2.24) is 4.57 Å². The van der Waals surface area contributed by atoms with Gasteiger partial charge < -0.3 is 18.8 Å². The summed E-state index contributed by atoms with van der Waals surface area (Å²) in [7, 11) is 1.66. The summed E-state index contributed by atoms with van der Waals surface area (Å²) >= 11 is 0. The topological polar surface area (TPSA) is 69.2 Å². The largest absolute Gasteiger partial charge is 0.497 e. The van der Waals surface area contributed by atoms with Crippen LogP contribution in [0, 0.1) is 0 Å². The highest BCUT2D eigenvalue weighted by Gasteiger charge is 2.14. The van der Waals surface area contributed by atoms with Gasteiger partial charge in [-0.3, -0.25) is 4.57 Å². The SMILES string of the molecule is CC=c1/c(=C\c2ccc(N(c3ccccc3)c3ccccc3)cc2)oc(=Nc2ccccc2C(=O)OCC)n1CCc1ccc(OC)cc1. The number of ether oxygens (including phenoxy) is 2. The number of rotatable bonds is 11. The molecule has 0 bridgehead atoms. The van der Waals surface area contributed by atoms with E-state index in [0.717, 1.165) is 45.7 Å². The Bertz CT molecular complexity index is 2150. The van der Waals surface area contributed by atoms with E-state index < -0.39 is 5.97 Å². The number of methoxy groups -OCH3 is 1. The van der Waals surface area contributed by atoms with Crippen LogP contribution in [-0.2, 0) is 17.7 Å². The van der Waals surface area contributed by atoms with Crippen molar-refractivity contribution in [1.29, 1.82) is 0 Å². The van der Waals surface area contributed by atoms with Crippen LogP contribution < -0.4 is 26.1 Å². The first-order valence-corrected chi connectivity index (χ1v) is 16.4. The Balaban J connectivity index is 1.43. The van der Waals surface area contributed by atoms with Gasteiger partial charge in [-0.15, -0.1) is 0 Å². The second kappa shape index (κ2) is 15.7. The fourth-order valence-electron chi connectivity index (χ4n) is 5.70. The third-order valence-electron chi connectivity index (χ3n) is 8.13. The lowest BCUT2D eigenvalue weighted by molar-refractivity contribution is 0.0527. The molecule has 6 aromatic rings. The monoisotopic (exact) mass is 649 g/mol. The van der Waals surface area contributed by atoms with Crippen LogP contribution in [0.1, 0.15) is 35.3 Å². The van der Waals surface area contributed by atoms with Gasteiger partial charge in [0, 0.05) is 23.6 Å². The van der Waals surface area contributed by atoms with E-state index in [4.69, 9.17) is 18.9 Å². The summed E-state index contributed by atoms with van der Waals surface area (Å²) in [5.74, 6) is 0.388. The molecule has 0 saturated carbocycles. The molecule has 0 N–H and O–H groups in total. The van der Waals surface area contributed by atoms with Crippen molar-refractivity contribution in [2.75, 3.05) is 18.6 Å². The molecule has 0 aliphatic rings. The predicted molar refractivity (Wildman–Crippen MR) is 195 cm³/mol. The number of para-hydroxylation sites is 3. The summed E-state index contributed by atoms with van der Waals surface area (Å²) in [5.41, 5.74) is 7.23. The number of carbonyl (C=O) groups is 1. The van der Waals surface area contributed by atoms with Crippen molar-refractivity contribution in [3.05, 3.63) is 167 Å². The van der Waals surface area contributed by atoms with E-state index in [-0.39, 0.29) is 6.61 Å². The molecule has 7 heteroatoms. The van der Waals surface area contributed by atoms with E-state index in [1.54, 1.807) is 32.2 Å². The minimum Gasteiger partial charge on any atom is -0.497 e. The van der Waals surface area contributed by atoms with Crippen LogP contribution >= 0.6 is 0 Å². The number of aromatic nitrogens is 1. The molecule has 1 aromatic heterocycles. The van der Waals surface area contributed by atoms with Gasteiger partial charge in [0.1, 0.15) is 5.75 Å². The number of nitrogens with zero attached hydrogens (tertiary/aromatic N) is 3. The number of oxazole rings is 1. The molecule has 1 heterocycles. The van der Waals surface area contributed by atoms with Gasteiger partial charge >= 0.3 is 11.7 Å². The zero-order valence-electron chi connectivity index (χ0n) is 28.0. The van der Waals surface area contributed by atoms with Gasteiger partial charge in [-0.1, -0.05) is 78.9 Å². The quantitative estimate of drug-likeness (QED) is 0.134. The van der Waals surface area contributed by atoms with E-state index in [0.29, 0.717) is 28.9 Å². The predicted octanol–water partition coefficient (Wildman–Crippen LogP) is 7.84. The molecule has 0 amide bonds. The van der Waals surface area contributed by atoms with Gasteiger partial charge in [-0.05, 0) is 98.1 Å². The van der Waals surface area contributed by atoms with Crippen molar-refractivity contribution in [2.24, 2.45) is 4.99 Å². The Morgan fingerprint density at radius 1 is 0.796 bits per heavy atom. The van der Waals surface area contributed by atoms with Crippen LogP contribution in [0.25, 0.3) is 12.2 Å². The standard InChI is InChI=1S/C42H39N3O4/c1-4-39-40(30-32-20-24-35(25-21-32)45(33-14-8-6-9-15-33)34-16-10-7-11-17-34)49-42(43-38-19-13-12-18-37(38)41(46)48-5-2)44(39)29-28-31-22-26-36(47-3)27-23-31/h4,6-27,30H,5,28-29H2,1-3H3/b39-4?,40-30+,43-42?. The van der Waals surface area contributed by atoms with Gasteiger partial charge in [0.2, 0.25) is 0 Å². The van der Waals surface area contributed by atoms with E-state index in [1.165, 1.54) is 0 Å². The molecule has 246 valence electrons. The van der Waals surface area contributed by atoms with Crippen molar-refractivity contribution in [3.63, 3.8) is 0 Å². The molecule has 0 aliphatic heterocycles. The summed E-state index contributed by atoms with van der Waals surface area (Å²) in [4.78, 5) is 19.9. The second-order valence-corrected chi connectivity index (χ2v) is 11.3. The molecule has 7 nitrogen and oxygen atoms in total. The highest BCUT2D eigenvalue weighted by Crippen LogP contribution is 2.34. The van der Waals surface area contributed by atoms with Crippen LogP contribution in [0.3, 0.4) is 0 Å². The van der Waals surface area contributed by atoms with Gasteiger partial charge in [0.05, 0.1) is 30.3 Å². The lowest BCUT2D eigenvalue weighted by Crippen LogP contribution is -2.33. The maximum absolute atomic E-state index is 12.8. The summed E-state index contributed by atoms with van der Waals surface area (Å²) in [6.07, 6.45) is 4.79. The zero-order valence-corrected chi connectivity index (χ0v) is 28.0. The smallest absolute Gasteiger partial charge is 0.340 e. The Kier molecular flexibility index (Phi) is 10.5. The van der Waals surface area contributed by atoms with Crippen LogP contribution in [0.2, 0.25) is 0 Å². The number of benzene rings is 5. The van der Waals surface area contributed by atoms with Crippen molar-refractivity contribution < 1.29 is 18.7 Å². The lowest BCUT2D eigenvalue weighted by Gasteiger charge is -2.25. The van der Waals surface area contributed by atoms with Crippen LogP contribution in [0.4, 0.5) is 22.7 Å². The van der Waals surface area contributed by atoms with Gasteiger partial charge in [-0.2, -0.15) is 4.99 Å². The summed E-state index contributed by atoms with van der Waals surface area (Å²) in [6, 6.07) is 44.3. The zero-order chi connectivity index (χ0) is 34.0. The maximum atomic E-state index is 12.8. The van der Waals surface area contributed by atoms with Crippen LogP contribution in [0.5, 0.6) is 5.75 Å².